The molecule has 32 heavy (non-hydrogen) atoms. The number of anilines is 1. The predicted octanol–water partition coefficient (Wildman–Crippen LogP) is 5.68. The van der Waals surface area contributed by atoms with E-state index in [2.05, 4.69) is 20.4 Å². The highest BCUT2D eigenvalue weighted by molar-refractivity contribution is 5.90. The molecule has 1 amide bonds. The number of benzene rings is 1. The van der Waals surface area contributed by atoms with Crippen molar-refractivity contribution in [1.29, 1.82) is 0 Å². The van der Waals surface area contributed by atoms with Gasteiger partial charge in [-0.2, -0.15) is 10.1 Å². The number of carbonyl (C=O) groups excluding carboxylic acids is 1. The first kappa shape index (κ1) is 22.0. The second kappa shape index (κ2) is 9.94. The molecule has 7 heteroatoms. The van der Waals surface area contributed by atoms with Crippen LogP contribution >= 0.6 is 0 Å². The molecule has 2 heterocycles. The molecule has 168 valence electrons. The number of nitrogens with zero attached hydrogens (tertiary/aromatic N) is 4. The summed E-state index contributed by atoms with van der Waals surface area (Å²) in [6.07, 6.45) is 8.06. The van der Waals surface area contributed by atoms with E-state index in [4.69, 9.17) is 4.74 Å². The molecule has 0 radical (unpaired) electrons. The fraction of sp³-hybridized carbons (Fsp3) is 0.440. The SMILES string of the molecule is Cc1cc(C)n(-c2cc(Oc3ccc(NC(=O)CCC4CCCCC4)cc3)nc(C)n2)n1. The van der Waals surface area contributed by atoms with Crippen molar-refractivity contribution < 1.29 is 9.53 Å². The Morgan fingerprint density at radius 2 is 1.81 bits per heavy atom. The number of aromatic nitrogens is 4. The molecule has 1 aliphatic carbocycles. The average molecular weight is 434 g/mol. The number of ether oxygens (including phenoxy) is 1. The zero-order chi connectivity index (χ0) is 22.5. The summed E-state index contributed by atoms with van der Waals surface area (Å²) in [7, 11) is 0. The molecule has 0 atom stereocenters. The normalized spacial score (nSPS) is 14.3. The quantitative estimate of drug-likeness (QED) is 0.518. The summed E-state index contributed by atoms with van der Waals surface area (Å²) in [5.74, 6) is 3.14. The first-order valence-corrected chi connectivity index (χ1v) is 11.4. The van der Waals surface area contributed by atoms with Crippen LogP contribution in [0.2, 0.25) is 0 Å². The van der Waals surface area contributed by atoms with E-state index in [0.717, 1.165) is 23.5 Å². The standard InChI is InChI=1S/C25H31N5O2/c1-17-15-18(2)30(29-17)23-16-25(27-19(3)26-23)32-22-12-10-21(11-13-22)28-24(31)14-9-20-7-5-4-6-8-20/h10-13,15-16,20H,4-9,14H2,1-3H3,(H,28,31). The van der Waals surface area contributed by atoms with E-state index in [0.29, 0.717) is 35.6 Å². The number of amides is 1. The van der Waals surface area contributed by atoms with Gasteiger partial charge in [-0.1, -0.05) is 32.1 Å². The molecule has 0 saturated heterocycles. The van der Waals surface area contributed by atoms with Gasteiger partial charge in [0.1, 0.15) is 11.6 Å². The Bertz CT molecular complexity index is 1070. The molecule has 1 aromatic carbocycles. The van der Waals surface area contributed by atoms with Crippen molar-refractivity contribution >= 4 is 11.6 Å². The molecule has 4 rings (SSSR count). The minimum absolute atomic E-state index is 0.0743. The maximum atomic E-state index is 12.3. The van der Waals surface area contributed by atoms with Gasteiger partial charge in [0.05, 0.1) is 5.69 Å². The maximum absolute atomic E-state index is 12.3. The van der Waals surface area contributed by atoms with Gasteiger partial charge in [-0.15, -0.1) is 0 Å². The van der Waals surface area contributed by atoms with Crippen LogP contribution in [0.3, 0.4) is 0 Å². The van der Waals surface area contributed by atoms with Crippen molar-refractivity contribution in [3.63, 3.8) is 0 Å². The zero-order valence-electron chi connectivity index (χ0n) is 19.1. The Balaban J connectivity index is 1.36. The minimum Gasteiger partial charge on any atom is -0.439 e. The molecular formula is C25H31N5O2. The molecule has 1 N–H and O–H groups in total. The summed E-state index contributed by atoms with van der Waals surface area (Å²) in [5.41, 5.74) is 2.70. The van der Waals surface area contributed by atoms with Crippen LogP contribution in [0.4, 0.5) is 5.69 Å². The van der Waals surface area contributed by atoms with E-state index < -0.39 is 0 Å². The highest BCUT2D eigenvalue weighted by Crippen LogP contribution is 2.28. The molecule has 0 spiro atoms. The second-order valence-corrected chi connectivity index (χ2v) is 8.67. The van der Waals surface area contributed by atoms with Crippen LogP contribution in [-0.2, 0) is 4.79 Å². The van der Waals surface area contributed by atoms with E-state index in [9.17, 15) is 4.79 Å². The van der Waals surface area contributed by atoms with Crippen LogP contribution in [0.25, 0.3) is 5.82 Å². The minimum atomic E-state index is 0.0743. The van der Waals surface area contributed by atoms with Crippen LogP contribution in [0.5, 0.6) is 11.6 Å². The Labute approximate surface area is 189 Å². The van der Waals surface area contributed by atoms with Crippen LogP contribution in [0.1, 0.15) is 62.2 Å². The Morgan fingerprint density at radius 1 is 1.06 bits per heavy atom. The van der Waals surface area contributed by atoms with E-state index in [-0.39, 0.29) is 5.91 Å². The Morgan fingerprint density at radius 3 is 2.50 bits per heavy atom. The second-order valence-electron chi connectivity index (χ2n) is 8.67. The predicted molar refractivity (Wildman–Crippen MR) is 124 cm³/mol. The van der Waals surface area contributed by atoms with Crippen molar-refractivity contribution in [2.45, 2.75) is 65.7 Å². The van der Waals surface area contributed by atoms with Gasteiger partial charge < -0.3 is 10.1 Å². The number of nitrogens with one attached hydrogen (secondary N) is 1. The monoisotopic (exact) mass is 433 g/mol. The summed E-state index contributed by atoms with van der Waals surface area (Å²) in [6.45, 7) is 5.76. The Kier molecular flexibility index (Phi) is 6.83. The third-order valence-electron chi connectivity index (χ3n) is 5.89. The van der Waals surface area contributed by atoms with Crippen LogP contribution in [0.15, 0.2) is 36.4 Å². The first-order chi connectivity index (χ1) is 15.5. The lowest BCUT2D eigenvalue weighted by Gasteiger charge is -2.21. The summed E-state index contributed by atoms with van der Waals surface area (Å²) >= 11 is 0. The van der Waals surface area contributed by atoms with Gasteiger partial charge in [0, 0.05) is 23.9 Å². The number of carbonyl (C=O) groups is 1. The van der Waals surface area contributed by atoms with Crippen LogP contribution < -0.4 is 10.1 Å². The fourth-order valence-electron chi connectivity index (χ4n) is 4.31. The van der Waals surface area contributed by atoms with Crippen molar-refractivity contribution in [2.24, 2.45) is 5.92 Å². The molecule has 3 aromatic rings. The van der Waals surface area contributed by atoms with Gasteiger partial charge >= 0.3 is 0 Å². The summed E-state index contributed by atoms with van der Waals surface area (Å²) in [4.78, 5) is 21.2. The van der Waals surface area contributed by atoms with Crippen molar-refractivity contribution in [1.82, 2.24) is 19.7 Å². The van der Waals surface area contributed by atoms with Gasteiger partial charge in [-0.25, -0.2) is 9.67 Å². The first-order valence-electron chi connectivity index (χ1n) is 11.4. The molecule has 0 aliphatic heterocycles. The fourth-order valence-corrected chi connectivity index (χ4v) is 4.31. The topological polar surface area (TPSA) is 81.9 Å². The Hall–Kier alpha value is -3.22. The number of hydrogen-bond donors (Lipinski definition) is 1. The third-order valence-corrected chi connectivity index (χ3v) is 5.89. The van der Waals surface area contributed by atoms with Gasteiger partial charge in [0.25, 0.3) is 0 Å². The number of hydrogen-bond acceptors (Lipinski definition) is 5. The van der Waals surface area contributed by atoms with Gasteiger partial charge in [0.2, 0.25) is 11.8 Å². The lowest BCUT2D eigenvalue weighted by molar-refractivity contribution is -0.116. The molecule has 2 aromatic heterocycles. The molecule has 1 fully saturated rings. The van der Waals surface area contributed by atoms with Crippen molar-refractivity contribution in [3.05, 3.63) is 53.6 Å². The van der Waals surface area contributed by atoms with Gasteiger partial charge in [-0.3, -0.25) is 4.79 Å². The lowest BCUT2D eigenvalue weighted by Crippen LogP contribution is -2.14. The highest BCUT2D eigenvalue weighted by Gasteiger charge is 2.15. The molecule has 0 bridgehead atoms. The van der Waals surface area contributed by atoms with Crippen LogP contribution in [0, 0.1) is 26.7 Å². The molecular weight excluding hydrogens is 402 g/mol. The van der Waals surface area contributed by atoms with Crippen molar-refractivity contribution in [2.75, 3.05) is 5.32 Å². The number of aryl methyl sites for hydroxylation is 3. The average Bonchev–Trinajstić information content (AvgIpc) is 3.12. The largest absolute Gasteiger partial charge is 0.439 e. The zero-order valence-corrected chi connectivity index (χ0v) is 19.1. The summed E-state index contributed by atoms with van der Waals surface area (Å²) in [5, 5.41) is 7.47. The van der Waals surface area contributed by atoms with E-state index in [1.807, 2.05) is 51.1 Å². The van der Waals surface area contributed by atoms with E-state index in [1.54, 1.807) is 10.7 Å². The van der Waals surface area contributed by atoms with E-state index in [1.165, 1.54) is 32.1 Å². The maximum Gasteiger partial charge on any atom is 0.224 e. The lowest BCUT2D eigenvalue weighted by atomic mass is 9.86. The third kappa shape index (κ3) is 5.72. The summed E-state index contributed by atoms with van der Waals surface area (Å²) in [6, 6.07) is 11.1. The molecule has 1 aliphatic rings. The van der Waals surface area contributed by atoms with Crippen molar-refractivity contribution in [3.8, 4) is 17.4 Å². The summed E-state index contributed by atoms with van der Waals surface area (Å²) < 4.78 is 7.73. The molecule has 0 unspecified atom stereocenters. The van der Waals surface area contributed by atoms with Gasteiger partial charge in [0.15, 0.2) is 5.82 Å². The molecule has 7 nitrogen and oxygen atoms in total. The smallest absolute Gasteiger partial charge is 0.224 e. The number of rotatable bonds is 7. The van der Waals surface area contributed by atoms with Gasteiger partial charge in [-0.05, 0) is 63.4 Å². The van der Waals surface area contributed by atoms with Crippen LogP contribution in [-0.4, -0.2) is 25.7 Å². The highest BCUT2D eigenvalue weighted by atomic mass is 16.5. The van der Waals surface area contributed by atoms with E-state index >= 15 is 0 Å². The molecule has 1 saturated carbocycles.